The van der Waals surface area contributed by atoms with Gasteiger partial charge in [-0.25, -0.2) is 9.59 Å². The number of carbonyl (C=O) groups is 2. The van der Waals surface area contributed by atoms with E-state index in [0.29, 0.717) is 12.1 Å². The Balaban J connectivity index is 2.60. The molecule has 0 radical (unpaired) electrons. The molecule has 0 aliphatic carbocycles. The molecule has 0 spiro atoms. The molecule has 0 saturated heterocycles. The molecule has 32 heavy (non-hydrogen) atoms. The summed E-state index contributed by atoms with van der Waals surface area (Å²) in [7, 11) is 0. The fourth-order valence-electron chi connectivity index (χ4n) is 3.42. The van der Waals surface area contributed by atoms with Crippen LogP contribution < -0.4 is 0 Å². The van der Waals surface area contributed by atoms with Crippen molar-refractivity contribution in [3.63, 3.8) is 0 Å². The number of alkyl halides is 6. The fourth-order valence-corrected chi connectivity index (χ4v) is 3.42. The Bertz CT molecular complexity index is 1120. The van der Waals surface area contributed by atoms with Gasteiger partial charge in [-0.1, -0.05) is 36.4 Å². The zero-order valence-corrected chi connectivity index (χ0v) is 15.8. The van der Waals surface area contributed by atoms with Crippen molar-refractivity contribution in [3.05, 3.63) is 82.9 Å². The maximum absolute atomic E-state index is 13.7. The summed E-state index contributed by atoms with van der Waals surface area (Å²) in [5.74, 6) is -3.47. The van der Waals surface area contributed by atoms with Crippen LogP contribution in [-0.2, 0) is 12.4 Å². The van der Waals surface area contributed by atoms with Crippen LogP contribution in [0.1, 0.15) is 31.8 Å². The van der Waals surface area contributed by atoms with Crippen molar-refractivity contribution in [2.45, 2.75) is 12.4 Å². The third-order valence-electron chi connectivity index (χ3n) is 4.67. The molecule has 0 bridgehead atoms. The molecule has 0 aliphatic heterocycles. The highest BCUT2D eigenvalue weighted by atomic mass is 19.4. The van der Waals surface area contributed by atoms with Gasteiger partial charge in [-0.3, -0.25) is 0 Å². The second-order valence-electron chi connectivity index (χ2n) is 6.61. The average Bonchev–Trinajstić information content (AvgIpc) is 2.71. The van der Waals surface area contributed by atoms with E-state index in [-0.39, 0.29) is 0 Å². The first kappa shape index (κ1) is 22.9. The van der Waals surface area contributed by atoms with Crippen molar-refractivity contribution in [1.29, 1.82) is 0 Å². The van der Waals surface area contributed by atoms with E-state index < -0.39 is 68.8 Å². The predicted molar refractivity (Wildman–Crippen MR) is 101 cm³/mol. The van der Waals surface area contributed by atoms with Crippen molar-refractivity contribution in [3.8, 4) is 22.3 Å². The molecule has 0 atom stereocenters. The molecule has 0 aromatic heterocycles. The number of hydrogen-bond acceptors (Lipinski definition) is 2. The maximum atomic E-state index is 13.7. The topological polar surface area (TPSA) is 74.6 Å². The zero-order chi connectivity index (χ0) is 23.8. The third kappa shape index (κ3) is 4.16. The van der Waals surface area contributed by atoms with Crippen LogP contribution in [0.15, 0.2) is 60.7 Å². The Hall–Kier alpha value is -3.82. The summed E-state index contributed by atoms with van der Waals surface area (Å²) in [5.41, 5.74) is -7.27. The van der Waals surface area contributed by atoms with Crippen LogP contribution in [0.25, 0.3) is 22.3 Å². The van der Waals surface area contributed by atoms with Crippen LogP contribution >= 0.6 is 0 Å². The first-order chi connectivity index (χ1) is 14.8. The minimum absolute atomic E-state index is 0.633. The molecule has 166 valence electrons. The van der Waals surface area contributed by atoms with Crippen LogP contribution in [0.4, 0.5) is 26.3 Å². The standard InChI is InChI=1S/C22H12F6O4/c23-21(24,25)15-7-3-1-5-11(15)17-13(19(29)30)9-10-14(20(31)32)18(17)12-6-2-4-8-16(12)22(26,27)28/h1-10H,(H,29,30)(H,31,32). The van der Waals surface area contributed by atoms with Crippen LogP contribution in [0.2, 0.25) is 0 Å². The zero-order valence-electron chi connectivity index (χ0n) is 15.8. The molecule has 0 fully saturated rings. The van der Waals surface area contributed by atoms with Gasteiger partial charge in [-0.2, -0.15) is 26.3 Å². The van der Waals surface area contributed by atoms with E-state index in [1.165, 1.54) is 0 Å². The Morgan fingerprint density at radius 3 is 1.16 bits per heavy atom. The molecule has 0 aliphatic rings. The summed E-state index contributed by atoms with van der Waals surface area (Å²) in [5, 5.41) is 19.2. The Labute approximate surface area is 176 Å². The number of rotatable bonds is 4. The highest BCUT2D eigenvalue weighted by Gasteiger charge is 2.38. The van der Waals surface area contributed by atoms with E-state index in [1.807, 2.05) is 0 Å². The summed E-state index contributed by atoms with van der Waals surface area (Å²) in [6.45, 7) is 0. The molecule has 2 N–H and O–H groups in total. The van der Waals surface area contributed by atoms with Gasteiger partial charge in [-0.15, -0.1) is 0 Å². The Morgan fingerprint density at radius 1 is 0.562 bits per heavy atom. The monoisotopic (exact) mass is 454 g/mol. The minimum Gasteiger partial charge on any atom is -0.478 e. The van der Waals surface area contributed by atoms with Gasteiger partial charge in [0.15, 0.2) is 0 Å². The van der Waals surface area contributed by atoms with E-state index in [0.717, 1.165) is 48.5 Å². The van der Waals surface area contributed by atoms with Crippen molar-refractivity contribution < 1.29 is 46.1 Å². The molecule has 0 unspecified atom stereocenters. The van der Waals surface area contributed by atoms with Gasteiger partial charge in [0, 0.05) is 11.1 Å². The molecule has 0 amide bonds. The number of carboxylic acids is 2. The van der Waals surface area contributed by atoms with E-state index in [2.05, 4.69) is 0 Å². The van der Waals surface area contributed by atoms with Gasteiger partial charge in [-0.05, 0) is 35.4 Å². The molecular formula is C22H12F6O4. The Morgan fingerprint density at radius 2 is 0.875 bits per heavy atom. The molecule has 4 nitrogen and oxygen atoms in total. The summed E-state index contributed by atoms with van der Waals surface area (Å²) in [4.78, 5) is 23.7. The van der Waals surface area contributed by atoms with Crippen LogP contribution in [-0.4, -0.2) is 22.2 Å². The lowest BCUT2D eigenvalue weighted by molar-refractivity contribution is -0.138. The smallest absolute Gasteiger partial charge is 0.417 e. The van der Waals surface area contributed by atoms with Gasteiger partial charge in [0.05, 0.1) is 22.3 Å². The second-order valence-corrected chi connectivity index (χ2v) is 6.61. The normalized spacial score (nSPS) is 11.9. The average molecular weight is 454 g/mol. The van der Waals surface area contributed by atoms with Gasteiger partial charge in [0.2, 0.25) is 0 Å². The maximum Gasteiger partial charge on any atom is 0.417 e. The van der Waals surface area contributed by atoms with Crippen molar-refractivity contribution in [1.82, 2.24) is 0 Å². The molecule has 10 heteroatoms. The van der Waals surface area contributed by atoms with E-state index in [9.17, 15) is 46.1 Å². The van der Waals surface area contributed by atoms with E-state index in [4.69, 9.17) is 0 Å². The van der Waals surface area contributed by atoms with Crippen molar-refractivity contribution >= 4 is 11.9 Å². The molecule has 3 rings (SSSR count). The number of carboxylic acid groups (broad SMARTS) is 2. The van der Waals surface area contributed by atoms with E-state index >= 15 is 0 Å². The Kier molecular flexibility index (Phi) is 5.73. The molecule has 0 saturated carbocycles. The summed E-state index contributed by atoms with van der Waals surface area (Å²) in [6, 6.07) is 8.88. The lowest BCUT2D eigenvalue weighted by atomic mass is 9.83. The third-order valence-corrected chi connectivity index (χ3v) is 4.67. The molecule has 3 aromatic rings. The largest absolute Gasteiger partial charge is 0.478 e. The number of aromatic carboxylic acids is 2. The van der Waals surface area contributed by atoms with Gasteiger partial charge in [0.25, 0.3) is 0 Å². The van der Waals surface area contributed by atoms with E-state index in [1.54, 1.807) is 0 Å². The van der Waals surface area contributed by atoms with Crippen LogP contribution in [0.3, 0.4) is 0 Å². The highest BCUT2D eigenvalue weighted by molar-refractivity contribution is 6.08. The molecular weight excluding hydrogens is 442 g/mol. The SMILES string of the molecule is O=C(O)c1ccc(C(=O)O)c(-c2ccccc2C(F)(F)F)c1-c1ccccc1C(F)(F)F. The first-order valence-electron chi connectivity index (χ1n) is 8.80. The molecule has 0 heterocycles. The van der Waals surface area contributed by atoms with Crippen LogP contribution in [0, 0.1) is 0 Å². The van der Waals surface area contributed by atoms with Crippen molar-refractivity contribution in [2.75, 3.05) is 0 Å². The predicted octanol–water partition coefficient (Wildman–Crippen LogP) is 6.45. The lowest BCUT2D eigenvalue weighted by Crippen LogP contribution is -2.14. The second kappa shape index (κ2) is 8.03. The number of benzene rings is 3. The van der Waals surface area contributed by atoms with Crippen LogP contribution in [0.5, 0.6) is 0 Å². The van der Waals surface area contributed by atoms with Crippen molar-refractivity contribution in [2.24, 2.45) is 0 Å². The van der Waals surface area contributed by atoms with Gasteiger partial charge < -0.3 is 10.2 Å². The summed E-state index contributed by atoms with van der Waals surface area (Å²) in [6.07, 6.45) is -9.99. The number of halogens is 6. The fraction of sp³-hybridized carbons (Fsp3) is 0.0909. The van der Waals surface area contributed by atoms with Gasteiger partial charge in [0.1, 0.15) is 0 Å². The van der Waals surface area contributed by atoms with Gasteiger partial charge >= 0.3 is 24.3 Å². The quantitative estimate of drug-likeness (QED) is 0.444. The highest BCUT2D eigenvalue weighted by Crippen LogP contribution is 2.46. The number of hydrogen-bond donors (Lipinski definition) is 2. The first-order valence-corrected chi connectivity index (χ1v) is 8.80. The summed E-state index contributed by atoms with van der Waals surface area (Å²) >= 11 is 0. The minimum atomic E-state index is -4.99. The lowest BCUT2D eigenvalue weighted by Gasteiger charge is -2.22. The summed E-state index contributed by atoms with van der Waals surface area (Å²) < 4.78 is 82.1. The molecule has 3 aromatic carbocycles.